The van der Waals surface area contributed by atoms with Crippen molar-refractivity contribution >= 4 is 40.9 Å². The third kappa shape index (κ3) is 3.82. The molecule has 0 aromatic heterocycles. The topological polar surface area (TPSA) is 60.9 Å². The zero-order valence-electron chi connectivity index (χ0n) is 17.4. The van der Waals surface area contributed by atoms with Crippen LogP contribution in [0.2, 0.25) is 0 Å². The standard InChI is InChI=1S/C24H25N3O3S/c28-22(26-13-10-17-6-2-3-7-19(17)26)15-27-20-14-18(8-9-21(20)31-16-23(27)29)24(30)25-11-4-1-5-12-25/h2-3,6-9,14H,1,4-5,10-13,15-16H2. The zero-order valence-corrected chi connectivity index (χ0v) is 18.2. The van der Waals surface area contributed by atoms with Gasteiger partial charge in [-0.05, 0) is 55.5 Å². The molecule has 3 aliphatic rings. The lowest BCUT2D eigenvalue weighted by atomic mass is 10.1. The highest BCUT2D eigenvalue weighted by Crippen LogP contribution is 2.37. The Labute approximate surface area is 186 Å². The lowest BCUT2D eigenvalue weighted by Gasteiger charge is -2.31. The number of hydrogen-bond donors (Lipinski definition) is 0. The van der Waals surface area contributed by atoms with Crippen LogP contribution in [0.5, 0.6) is 0 Å². The Morgan fingerprint density at radius 2 is 1.74 bits per heavy atom. The van der Waals surface area contributed by atoms with Gasteiger partial charge >= 0.3 is 0 Å². The van der Waals surface area contributed by atoms with Crippen LogP contribution in [-0.2, 0) is 16.0 Å². The van der Waals surface area contributed by atoms with Gasteiger partial charge in [-0.15, -0.1) is 11.8 Å². The minimum absolute atomic E-state index is 0.00488. The molecular formula is C24H25N3O3S. The molecule has 3 heterocycles. The van der Waals surface area contributed by atoms with Crippen LogP contribution >= 0.6 is 11.8 Å². The summed E-state index contributed by atoms with van der Waals surface area (Å²) in [5, 5.41) is 0. The minimum atomic E-state index is -0.0964. The second kappa shape index (κ2) is 8.38. The van der Waals surface area contributed by atoms with E-state index in [4.69, 9.17) is 0 Å². The first-order valence-corrected chi connectivity index (χ1v) is 11.8. The fourth-order valence-corrected chi connectivity index (χ4v) is 5.52. The Hall–Kier alpha value is -2.80. The van der Waals surface area contributed by atoms with E-state index in [1.807, 2.05) is 41.3 Å². The Kier molecular flexibility index (Phi) is 5.44. The molecule has 6 nitrogen and oxygen atoms in total. The van der Waals surface area contributed by atoms with Crippen molar-refractivity contribution in [3.63, 3.8) is 0 Å². The maximum absolute atomic E-state index is 13.1. The summed E-state index contributed by atoms with van der Waals surface area (Å²) in [5.74, 6) is 0.117. The molecule has 0 bridgehead atoms. The van der Waals surface area contributed by atoms with Crippen molar-refractivity contribution in [3.05, 3.63) is 53.6 Å². The van der Waals surface area contributed by atoms with Crippen molar-refractivity contribution in [2.75, 3.05) is 41.7 Å². The van der Waals surface area contributed by atoms with Gasteiger partial charge in [0.1, 0.15) is 6.54 Å². The van der Waals surface area contributed by atoms with Crippen molar-refractivity contribution in [3.8, 4) is 0 Å². The van der Waals surface area contributed by atoms with Gasteiger partial charge in [0, 0.05) is 35.8 Å². The molecule has 0 radical (unpaired) electrons. The van der Waals surface area contributed by atoms with Crippen molar-refractivity contribution in [2.45, 2.75) is 30.6 Å². The molecule has 1 saturated heterocycles. The van der Waals surface area contributed by atoms with Gasteiger partial charge in [0.25, 0.3) is 5.91 Å². The molecule has 0 saturated carbocycles. The van der Waals surface area contributed by atoms with Crippen molar-refractivity contribution < 1.29 is 14.4 Å². The first-order valence-electron chi connectivity index (χ1n) is 10.9. The molecule has 1 fully saturated rings. The normalized spacial score (nSPS) is 18.1. The predicted octanol–water partition coefficient (Wildman–Crippen LogP) is 3.34. The molecule has 160 valence electrons. The average Bonchev–Trinajstić information content (AvgIpc) is 3.25. The highest BCUT2D eigenvalue weighted by Gasteiger charge is 2.32. The van der Waals surface area contributed by atoms with E-state index < -0.39 is 0 Å². The monoisotopic (exact) mass is 435 g/mol. The molecular weight excluding hydrogens is 410 g/mol. The van der Waals surface area contributed by atoms with Gasteiger partial charge in [-0.25, -0.2) is 0 Å². The third-order valence-electron chi connectivity index (χ3n) is 6.27. The Morgan fingerprint density at radius 1 is 0.935 bits per heavy atom. The summed E-state index contributed by atoms with van der Waals surface area (Å²) >= 11 is 1.46. The molecule has 31 heavy (non-hydrogen) atoms. The van der Waals surface area contributed by atoms with Gasteiger partial charge < -0.3 is 14.7 Å². The van der Waals surface area contributed by atoms with Gasteiger partial charge in [0.2, 0.25) is 11.8 Å². The number of nitrogens with zero attached hydrogens (tertiary/aromatic N) is 3. The number of fused-ring (bicyclic) bond motifs is 2. The van der Waals surface area contributed by atoms with E-state index >= 15 is 0 Å². The van der Waals surface area contributed by atoms with Crippen LogP contribution in [0.4, 0.5) is 11.4 Å². The highest BCUT2D eigenvalue weighted by molar-refractivity contribution is 8.00. The molecule has 0 unspecified atom stereocenters. The number of likely N-dealkylation sites (tertiary alicyclic amines) is 1. The van der Waals surface area contributed by atoms with Gasteiger partial charge in [-0.2, -0.15) is 0 Å². The summed E-state index contributed by atoms with van der Waals surface area (Å²) in [5.41, 5.74) is 3.34. The summed E-state index contributed by atoms with van der Waals surface area (Å²) in [6.07, 6.45) is 4.05. The Balaban J connectivity index is 1.40. The average molecular weight is 436 g/mol. The first kappa shape index (κ1) is 20.1. The quantitative estimate of drug-likeness (QED) is 0.742. The van der Waals surface area contributed by atoms with E-state index in [9.17, 15) is 14.4 Å². The maximum atomic E-state index is 13.1. The number of para-hydroxylation sites is 1. The van der Waals surface area contributed by atoms with Gasteiger partial charge in [0.15, 0.2) is 0 Å². The van der Waals surface area contributed by atoms with Gasteiger partial charge in [0.05, 0.1) is 11.4 Å². The first-order chi connectivity index (χ1) is 15.1. The molecule has 5 rings (SSSR count). The van der Waals surface area contributed by atoms with Gasteiger partial charge in [-0.3, -0.25) is 14.4 Å². The number of anilines is 2. The highest BCUT2D eigenvalue weighted by atomic mass is 32.2. The van der Waals surface area contributed by atoms with E-state index in [2.05, 4.69) is 0 Å². The summed E-state index contributed by atoms with van der Waals surface area (Å²) in [7, 11) is 0. The molecule has 3 amide bonds. The Bertz CT molecular complexity index is 1050. The Morgan fingerprint density at radius 3 is 2.58 bits per heavy atom. The smallest absolute Gasteiger partial charge is 0.253 e. The maximum Gasteiger partial charge on any atom is 0.253 e. The van der Waals surface area contributed by atoms with E-state index in [0.29, 0.717) is 23.5 Å². The van der Waals surface area contributed by atoms with Crippen molar-refractivity contribution in [2.24, 2.45) is 0 Å². The lowest BCUT2D eigenvalue weighted by Crippen LogP contribution is -2.45. The number of carbonyl (C=O) groups excluding carboxylic acids is 3. The van der Waals surface area contributed by atoms with Crippen LogP contribution in [0.25, 0.3) is 0 Å². The number of thioether (sulfide) groups is 1. The van der Waals surface area contributed by atoms with E-state index in [1.165, 1.54) is 11.8 Å². The second-order valence-electron chi connectivity index (χ2n) is 8.23. The fourth-order valence-electron chi connectivity index (χ4n) is 4.61. The number of amides is 3. The number of piperidine rings is 1. The zero-order chi connectivity index (χ0) is 21.4. The molecule has 2 aromatic carbocycles. The summed E-state index contributed by atoms with van der Waals surface area (Å²) in [6.45, 7) is 2.18. The van der Waals surface area contributed by atoms with Crippen LogP contribution in [-0.4, -0.2) is 54.6 Å². The molecule has 7 heteroatoms. The number of rotatable bonds is 3. The molecule has 0 spiro atoms. The summed E-state index contributed by atoms with van der Waals surface area (Å²) in [4.78, 5) is 45.1. The van der Waals surface area contributed by atoms with E-state index in [-0.39, 0.29) is 24.3 Å². The van der Waals surface area contributed by atoms with Crippen LogP contribution in [0.15, 0.2) is 47.4 Å². The predicted molar refractivity (Wildman–Crippen MR) is 122 cm³/mol. The number of carbonyl (C=O) groups is 3. The van der Waals surface area contributed by atoms with Crippen LogP contribution in [0.3, 0.4) is 0 Å². The molecule has 0 N–H and O–H groups in total. The molecule has 3 aliphatic heterocycles. The molecule has 2 aromatic rings. The van der Waals surface area contributed by atoms with Crippen LogP contribution < -0.4 is 9.80 Å². The van der Waals surface area contributed by atoms with Crippen LogP contribution in [0, 0.1) is 0 Å². The fraction of sp³-hybridized carbons (Fsp3) is 0.375. The largest absolute Gasteiger partial charge is 0.339 e. The minimum Gasteiger partial charge on any atom is -0.339 e. The van der Waals surface area contributed by atoms with Crippen molar-refractivity contribution in [1.29, 1.82) is 0 Å². The van der Waals surface area contributed by atoms with E-state index in [0.717, 1.165) is 54.9 Å². The number of benzene rings is 2. The summed E-state index contributed by atoms with van der Waals surface area (Å²) in [6, 6.07) is 13.5. The van der Waals surface area contributed by atoms with Crippen molar-refractivity contribution in [1.82, 2.24) is 4.90 Å². The summed E-state index contributed by atoms with van der Waals surface area (Å²) < 4.78 is 0. The van der Waals surface area contributed by atoms with Gasteiger partial charge in [-0.1, -0.05) is 18.2 Å². The third-order valence-corrected chi connectivity index (χ3v) is 7.32. The lowest BCUT2D eigenvalue weighted by molar-refractivity contribution is -0.121. The van der Waals surface area contributed by atoms with E-state index in [1.54, 1.807) is 15.9 Å². The molecule has 0 atom stereocenters. The SMILES string of the molecule is O=C(c1ccc2c(c1)N(CC(=O)N1CCc3ccccc31)C(=O)CS2)N1CCCCC1. The second-order valence-corrected chi connectivity index (χ2v) is 9.25. The van der Waals surface area contributed by atoms with Crippen LogP contribution in [0.1, 0.15) is 35.2 Å². The number of hydrogen-bond acceptors (Lipinski definition) is 4. The molecule has 0 aliphatic carbocycles.